The van der Waals surface area contributed by atoms with E-state index in [-0.39, 0.29) is 6.04 Å². The Hall–Kier alpha value is -1.61. The largest absolute Gasteiger partial charge is 0.478 e. The topological polar surface area (TPSA) is 49.3 Å². The van der Waals surface area contributed by atoms with Crippen LogP contribution in [0.1, 0.15) is 43.4 Å². The molecule has 0 radical (unpaired) electrons. The first-order valence-electron chi connectivity index (χ1n) is 6.26. The number of likely N-dealkylation sites (N-methyl/N-ethyl adjacent to an activating group) is 1. The van der Waals surface area contributed by atoms with E-state index in [1.807, 2.05) is 7.05 Å². The van der Waals surface area contributed by atoms with Crippen molar-refractivity contribution in [2.45, 2.75) is 32.2 Å². The monoisotopic (exact) mass is 247 g/mol. The molecule has 0 fully saturated rings. The summed E-state index contributed by atoms with van der Waals surface area (Å²) >= 11 is 0. The Kier molecular flexibility index (Phi) is 5.59. The number of hydrogen-bond donors (Lipinski definition) is 2. The molecule has 1 aromatic carbocycles. The molecule has 2 atom stereocenters. The van der Waals surface area contributed by atoms with Crippen molar-refractivity contribution in [3.05, 3.63) is 47.5 Å². The maximum Gasteiger partial charge on any atom is 0.328 e. The van der Waals surface area contributed by atoms with Crippen LogP contribution in [0.3, 0.4) is 0 Å². The fourth-order valence-electron chi connectivity index (χ4n) is 1.82. The van der Waals surface area contributed by atoms with Crippen molar-refractivity contribution in [2.24, 2.45) is 0 Å². The first-order valence-corrected chi connectivity index (χ1v) is 6.26. The number of carbonyl (C=O) groups is 1. The first-order chi connectivity index (χ1) is 8.58. The highest BCUT2D eigenvalue weighted by Gasteiger charge is 2.07. The number of hydrogen-bond acceptors (Lipinski definition) is 2. The minimum Gasteiger partial charge on any atom is -0.478 e. The molecule has 0 heterocycles. The van der Waals surface area contributed by atoms with E-state index in [2.05, 4.69) is 43.4 Å². The van der Waals surface area contributed by atoms with Gasteiger partial charge in [0.05, 0.1) is 6.04 Å². The highest BCUT2D eigenvalue weighted by atomic mass is 16.4. The fraction of sp³-hybridized carbons (Fsp3) is 0.400. The molecule has 0 saturated carbocycles. The average molecular weight is 247 g/mol. The molecule has 18 heavy (non-hydrogen) atoms. The van der Waals surface area contributed by atoms with Crippen LogP contribution >= 0.6 is 0 Å². The van der Waals surface area contributed by atoms with Gasteiger partial charge >= 0.3 is 5.97 Å². The van der Waals surface area contributed by atoms with Gasteiger partial charge in [-0.1, -0.05) is 44.2 Å². The molecule has 0 aliphatic carbocycles. The molecule has 0 spiro atoms. The van der Waals surface area contributed by atoms with E-state index in [4.69, 9.17) is 5.11 Å². The summed E-state index contributed by atoms with van der Waals surface area (Å²) in [6, 6.07) is 8.27. The summed E-state index contributed by atoms with van der Waals surface area (Å²) in [6.07, 6.45) is 3.94. The fourth-order valence-corrected chi connectivity index (χ4v) is 1.82. The van der Waals surface area contributed by atoms with Crippen molar-refractivity contribution in [3.8, 4) is 0 Å². The molecule has 3 heteroatoms. The smallest absolute Gasteiger partial charge is 0.328 e. The molecule has 0 aromatic heterocycles. The van der Waals surface area contributed by atoms with E-state index in [0.717, 1.165) is 12.0 Å². The second-order valence-electron chi connectivity index (χ2n) is 4.44. The molecular formula is C15H21NO2. The molecule has 0 aliphatic rings. The zero-order valence-corrected chi connectivity index (χ0v) is 11.2. The Morgan fingerprint density at radius 1 is 1.33 bits per heavy atom. The van der Waals surface area contributed by atoms with Crippen LogP contribution < -0.4 is 5.32 Å². The summed E-state index contributed by atoms with van der Waals surface area (Å²) in [5.41, 5.74) is 2.39. The third kappa shape index (κ3) is 4.00. The van der Waals surface area contributed by atoms with Crippen molar-refractivity contribution >= 4 is 5.97 Å². The van der Waals surface area contributed by atoms with Crippen LogP contribution in [0.4, 0.5) is 0 Å². The summed E-state index contributed by atoms with van der Waals surface area (Å²) < 4.78 is 0. The third-order valence-corrected chi connectivity index (χ3v) is 3.22. The third-order valence-electron chi connectivity index (χ3n) is 3.22. The minimum absolute atomic E-state index is 0.0629. The van der Waals surface area contributed by atoms with Crippen LogP contribution in [0, 0.1) is 0 Å². The van der Waals surface area contributed by atoms with Gasteiger partial charge in [-0.25, -0.2) is 4.79 Å². The SMILES string of the molecule is CCC(C)c1ccc(C(/C=C/C(=O)O)NC)cc1. The van der Waals surface area contributed by atoms with Crippen LogP contribution in [-0.2, 0) is 4.79 Å². The van der Waals surface area contributed by atoms with E-state index in [1.54, 1.807) is 6.08 Å². The van der Waals surface area contributed by atoms with E-state index >= 15 is 0 Å². The Labute approximate surface area is 109 Å². The Morgan fingerprint density at radius 2 is 1.89 bits per heavy atom. The van der Waals surface area contributed by atoms with Gasteiger partial charge in [-0.2, -0.15) is 0 Å². The molecule has 1 aromatic rings. The van der Waals surface area contributed by atoms with E-state index in [0.29, 0.717) is 5.92 Å². The van der Waals surface area contributed by atoms with Gasteiger partial charge in [0.1, 0.15) is 0 Å². The number of carboxylic acids is 1. The number of benzene rings is 1. The number of aliphatic carboxylic acids is 1. The van der Waals surface area contributed by atoms with Gasteiger partial charge in [-0.05, 0) is 30.5 Å². The Balaban J connectivity index is 2.85. The molecule has 3 nitrogen and oxygen atoms in total. The predicted octanol–water partition coefficient (Wildman–Crippen LogP) is 3.10. The summed E-state index contributed by atoms with van der Waals surface area (Å²) in [7, 11) is 1.82. The zero-order chi connectivity index (χ0) is 13.5. The van der Waals surface area contributed by atoms with Crippen LogP contribution in [-0.4, -0.2) is 18.1 Å². The average Bonchev–Trinajstić information content (AvgIpc) is 2.39. The number of carboxylic acid groups (broad SMARTS) is 1. The zero-order valence-electron chi connectivity index (χ0n) is 11.2. The quantitative estimate of drug-likeness (QED) is 0.759. The van der Waals surface area contributed by atoms with Crippen LogP contribution in [0.2, 0.25) is 0 Å². The van der Waals surface area contributed by atoms with Gasteiger partial charge in [0.15, 0.2) is 0 Å². The molecule has 0 amide bonds. The molecule has 1 rings (SSSR count). The standard InChI is InChI=1S/C15H21NO2/c1-4-11(2)12-5-7-13(8-6-12)14(16-3)9-10-15(17)18/h5-11,14,16H,4H2,1-3H3,(H,17,18)/b10-9+. The second kappa shape index (κ2) is 6.97. The van der Waals surface area contributed by atoms with E-state index in [1.165, 1.54) is 11.6 Å². The maximum absolute atomic E-state index is 10.5. The lowest BCUT2D eigenvalue weighted by Crippen LogP contribution is -2.14. The maximum atomic E-state index is 10.5. The molecule has 2 N–H and O–H groups in total. The Morgan fingerprint density at radius 3 is 2.33 bits per heavy atom. The predicted molar refractivity (Wildman–Crippen MR) is 73.7 cm³/mol. The van der Waals surface area contributed by atoms with Gasteiger partial charge in [-0.15, -0.1) is 0 Å². The molecule has 0 saturated heterocycles. The molecule has 0 aliphatic heterocycles. The minimum atomic E-state index is -0.925. The normalized spacial score (nSPS) is 14.6. The highest BCUT2D eigenvalue weighted by molar-refractivity contribution is 5.79. The van der Waals surface area contributed by atoms with Gasteiger partial charge in [0, 0.05) is 6.08 Å². The summed E-state index contributed by atoms with van der Waals surface area (Å²) in [4.78, 5) is 10.5. The number of rotatable bonds is 6. The second-order valence-corrected chi connectivity index (χ2v) is 4.44. The van der Waals surface area contributed by atoms with Crippen LogP contribution in [0.15, 0.2) is 36.4 Å². The van der Waals surface area contributed by atoms with E-state index in [9.17, 15) is 4.79 Å². The lowest BCUT2D eigenvalue weighted by molar-refractivity contribution is -0.131. The highest BCUT2D eigenvalue weighted by Crippen LogP contribution is 2.21. The summed E-state index contributed by atoms with van der Waals surface area (Å²) in [5.74, 6) is -0.367. The first kappa shape index (κ1) is 14.5. The molecule has 98 valence electrons. The van der Waals surface area contributed by atoms with Crippen molar-refractivity contribution in [1.29, 1.82) is 0 Å². The van der Waals surface area contributed by atoms with E-state index < -0.39 is 5.97 Å². The number of nitrogens with one attached hydrogen (secondary N) is 1. The summed E-state index contributed by atoms with van der Waals surface area (Å²) in [5, 5.41) is 11.7. The van der Waals surface area contributed by atoms with Crippen LogP contribution in [0.5, 0.6) is 0 Å². The molecule has 2 unspecified atom stereocenters. The van der Waals surface area contributed by atoms with Gasteiger partial charge in [0.2, 0.25) is 0 Å². The lowest BCUT2D eigenvalue weighted by atomic mass is 9.96. The lowest BCUT2D eigenvalue weighted by Gasteiger charge is -2.14. The van der Waals surface area contributed by atoms with Gasteiger partial charge in [-0.3, -0.25) is 0 Å². The van der Waals surface area contributed by atoms with Crippen molar-refractivity contribution in [2.75, 3.05) is 7.05 Å². The molecule has 0 bridgehead atoms. The van der Waals surface area contributed by atoms with Crippen molar-refractivity contribution < 1.29 is 9.90 Å². The van der Waals surface area contributed by atoms with Crippen molar-refractivity contribution in [3.63, 3.8) is 0 Å². The van der Waals surface area contributed by atoms with Crippen LogP contribution in [0.25, 0.3) is 0 Å². The van der Waals surface area contributed by atoms with Gasteiger partial charge < -0.3 is 10.4 Å². The van der Waals surface area contributed by atoms with Gasteiger partial charge in [0.25, 0.3) is 0 Å². The van der Waals surface area contributed by atoms with Crippen molar-refractivity contribution in [1.82, 2.24) is 5.32 Å². The Bertz CT molecular complexity index is 409. The molecular weight excluding hydrogens is 226 g/mol. The summed E-state index contributed by atoms with van der Waals surface area (Å²) in [6.45, 7) is 4.37.